The van der Waals surface area contributed by atoms with E-state index in [9.17, 15) is 0 Å². The first-order chi connectivity index (χ1) is 12.1. The second kappa shape index (κ2) is 9.79. The minimum atomic E-state index is 0.512. The molecule has 0 aliphatic rings. The fourth-order valence-electron chi connectivity index (χ4n) is 2.55. The minimum absolute atomic E-state index is 0.512. The zero-order valence-corrected chi connectivity index (χ0v) is 15.2. The summed E-state index contributed by atoms with van der Waals surface area (Å²) in [4.78, 5) is 2.42. The van der Waals surface area contributed by atoms with E-state index in [2.05, 4.69) is 18.7 Å². The summed E-state index contributed by atoms with van der Waals surface area (Å²) in [6.07, 6.45) is 2.18. The van der Waals surface area contributed by atoms with Gasteiger partial charge in [0.25, 0.3) is 0 Å². The highest BCUT2D eigenvalue weighted by molar-refractivity contribution is 5.65. The van der Waals surface area contributed by atoms with Crippen molar-refractivity contribution in [2.75, 3.05) is 37.7 Å². The fourth-order valence-corrected chi connectivity index (χ4v) is 2.55. The minimum Gasteiger partial charge on any atom is -0.493 e. The molecule has 0 amide bonds. The van der Waals surface area contributed by atoms with Gasteiger partial charge < -0.3 is 25.8 Å². The number of anilines is 2. The van der Waals surface area contributed by atoms with Gasteiger partial charge in [-0.3, -0.25) is 0 Å². The molecule has 0 saturated carbocycles. The second-order valence-electron chi connectivity index (χ2n) is 5.95. The first-order valence-corrected chi connectivity index (χ1v) is 8.90. The van der Waals surface area contributed by atoms with E-state index in [-0.39, 0.29) is 0 Å². The number of nitrogen functional groups attached to an aromatic ring is 2. The Morgan fingerprint density at radius 1 is 0.840 bits per heavy atom. The lowest BCUT2D eigenvalue weighted by molar-refractivity contribution is 0.265. The molecular formula is C20H29N3O2. The average Bonchev–Trinajstić information content (AvgIpc) is 2.62. The molecule has 2 aromatic rings. The van der Waals surface area contributed by atoms with Crippen LogP contribution in [0, 0.1) is 0 Å². The summed E-state index contributed by atoms with van der Waals surface area (Å²) in [5.41, 5.74) is 12.6. The van der Waals surface area contributed by atoms with Crippen LogP contribution in [-0.4, -0.2) is 31.1 Å². The lowest BCUT2D eigenvalue weighted by atomic mass is 10.2. The first-order valence-electron chi connectivity index (χ1n) is 8.90. The molecule has 0 fully saturated rings. The van der Waals surface area contributed by atoms with Gasteiger partial charge in [0.1, 0.15) is 17.2 Å². The Morgan fingerprint density at radius 3 is 2.28 bits per heavy atom. The Labute approximate surface area is 150 Å². The van der Waals surface area contributed by atoms with E-state index in [0.29, 0.717) is 29.5 Å². The van der Waals surface area contributed by atoms with Gasteiger partial charge in [-0.25, -0.2) is 0 Å². The molecule has 5 nitrogen and oxygen atoms in total. The Hall–Kier alpha value is -2.40. The summed E-state index contributed by atoms with van der Waals surface area (Å²) in [5, 5.41) is 0. The quantitative estimate of drug-likeness (QED) is 0.501. The van der Waals surface area contributed by atoms with Crippen molar-refractivity contribution < 1.29 is 9.47 Å². The van der Waals surface area contributed by atoms with Crippen LogP contribution in [0.3, 0.4) is 0 Å². The monoisotopic (exact) mass is 343 g/mol. The van der Waals surface area contributed by atoms with Crippen LogP contribution in [0.15, 0.2) is 42.5 Å². The van der Waals surface area contributed by atoms with Crippen LogP contribution in [0.5, 0.6) is 17.2 Å². The van der Waals surface area contributed by atoms with E-state index in [1.165, 1.54) is 0 Å². The molecule has 0 aliphatic heterocycles. The summed E-state index contributed by atoms with van der Waals surface area (Å²) in [7, 11) is 0. The largest absolute Gasteiger partial charge is 0.493 e. The third-order valence-electron chi connectivity index (χ3n) is 4.13. The summed E-state index contributed by atoms with van der Waals surface area (Å²) in [5.74, 6) is 2.18. The smallest absolute Gasteiger partial charge is 0.131 e. The number of hydrogen-bond donors (Lipinski definition) is 2. The van der Waals surface area contributed by atoms with Crippen LogP contribution in [0.25, 0.3) is 0 Å². The van der Waals surface area contributed by atoms with Gasteiger partial charge in [-0.15, -0.1) is 0 Å². The summed E-state index contributed by atoms with van der Waals surface area (Å²) >= 11 is 0. The molecule has 0 spiro atoms. The number of nitrogens with two attached hydrogens (primary N) is 2. The van der Waals surface area contributed by atoms with E-state index in [1.54, 1.807) is 18.2 Å². The molecule has 4 N–H and O–H groups in total. The van der Waals surface area contributed by atoms with Gasteiger partial charge in [0.05, 0.1) is 18.0 Å². The molecule has 2 rings (SSSR count). The maximum absolute atomic E-state index is 5.83. The zero-order chi connectivity index (χ0) is 18.1. The second-order valence-corrected chi connectivity index (χ2v) is 5.95. The molecule has 0 heterocycles. The summed E-state index contributed by atoms with van der Waals surface area (Å²) < 4.78 is 11.7. The van der Waals surface area contributed by atoms with Crippen molar-refractivity contribution in [2.45, 2.75) is 26.7 Å². The average molecular weight is 343 g/mol. The fraction of sp³-hybridized carbons (Fsp3) is 0.400. The highest BCUT2D eigenvalue weighted by Crippen LogP contribution is 2.28. The van der Waals surface area contributed by atoms with Crippen LogP contribution in [-0.2, 0) is 0 Å². The lowest BCUT2D eigenvalue weighted by Gasteiger charge is -2.17. The lowest BCUT2D eigenvalue weighted by Crippen LogP contribution is -2.24. The van der Waals surface area contributed by atoms with Crippen LogP contribution in [0.4, 0.5) is 11.4 Å². The summed E-state index contributed by atoms with van der Waals surface area (Å²) in [6.45, 7) is 8.43. The molecule has 0 bridgehead atoms. The van der Waals surface area contributed by atoms with Crippen LogP contribution in [0.2, 0.25) is 0 Å². The van der Waals surface area contributed by atoms with Crippen molar-refractivity contribution in [3.63, 3.8) is 0 Å². The maximum atomic E-state index is 5.83. The number of rotatable bonds is 10. The van der Waals surface area contributed by atoms with E-state index in [4.69, 9.17) is 20.9 Å². The van der Waals surface area contributed by atoms with E-state index in [0.717, 1.165) is 38.2 Å². The number of benzene rings is 2. The van der Waals surface area contributed by atoms with E-state index in [1.807, 2.05) is 24.3 Å². The zero-order valence-electron chi connectivity index (χ0n) is 15.2. The Bertz CT molecular complexity index is 657. The number of ether oxygens (including phenoxy) is 2. The Balaban J connectivity index is 1.81. The molecule has 0 aliphatic carbocycles. The van der Waals surface area contributed by atoms with Crippen molar-refractivity contribution in [3.05, 3.63) is 42.5 Å². The molecule has 0 saturated heterocycles. The normalized spacial score (nSPS) is 10.8. The van der Waals surface area contributed by atoms with Crippen LogP contribution >= 0.6 is 0 Å². The molecule has 0 atom stereocenters. The van der Waals surface area contributed by atoms with Crippen molar-refractivity contribution in [2.24, 2.45) is 0 Å². The van der Waals surface area contributed by atoms with Gasteiger partial charge in [-0.1, -0.05) is 19.9 Å². The summed E-state index contributed by atoms with van der Waals surface area (Å²) in [6, 6.07) is 12.9. The van der Waals surface area contributed by atoms with Crippen molar-refractivity contribution in [1.82, 2.24) is 4.90 Å². The van der Waals surface area contributed by atoms with Crippen molar-refractivity contribution in [1.29, 1.82) is 0 Å². The van der Waals surface area contributed by atoms with E-state index >= 15 is 0 Å². The first kappa shape index (κ1) is 18.9. The highest BCUT2D eigenvalue weighted by Gasteiger charge is 2.03. The van der Waals surface area contributed by atoms with Gasteiger partial charge in [0.15, 0.2) is 0 Å². The van der Waals surface area contributed by atoms with Gasteiger partial charge >= 0.3 is 0 Å². The standard InChI is InChI=1S/C20H29N3O2/c1-3-23(4-2)12-5-6-13-24-16-8-7-9-17(14-16)25-18-10-11-19(21)20(22)15-18/h7-11,14-15H,3-6,12-13,21-22H2,1-2H3. The van der Waals surface area contributed by atoms with Crippen molar-refractivity contribution >= 4 is 11.4 Å². The maximum Gasteiger partial charge on any atom is 0.131 e. The molecule has 136 valence electrons. The van der Waals surface area contributed by atoms with E-state index < -0.39 is 0 Å². The molecule has 0 unspecified atom stereocenters. The van der Waals surface area contributed by atoms with Gasteiger partial charge in [-0.2, -0.15) is 0 Å². The molecule has 5 heteroatoms. The molecule has 2 aromatic carbocycles. The topological polar surface area (TPSA) is 73.7 Å². The molecule has 0 radical (unpaired) electrons. The number of unbranched alkanes of at least 4 members (excludes halogenated alkanes) is 1. The predicted molar refractivity (Wildman–Crippen MR) is 104 cm³/mol. The molecule has 0 aromatic heterocycles. The third-order valence-corrected chi connectivity index (χ3v) is 4.13. The predicted octanol–water partition coefficient (Wildman–Crippen LogP) is 4.14. The van der Waals surface area contributed by atoms with Crippen LogP contribution < -0.4 is 20.9 Å². The highest BCUT2D eigenvalue weighted by atomic mass is 16.5. The van der Waals surface area contributed by atoms with Crippen molar-refractivity contribution in [3.8, 4) is 17.2 Å². The SMILES string of the molecule is CCN(CC)CCCCOc1cccc(Oc2ccc(N)c(N)c2)c1. The molecule has 25 heavy (non-hydrogen) atoms. The number of hydrogen-bond acceptors (Lipinski definition) is 5. The third kappa shape index (κ3) is 6.19. The van der Waals surface area contributed by atoms with Gasteiger partial charge in [0, 0.05) is 12.1 Å². The van der Waals surface area contributed by atoms with Gasteiger partial charge in [-0.05, 0) is 56.7 Å². The number of nitrogens with zero attached hydrogens (tertiary/aromatic N) is 1. The Kier molecular flexibility index (Phi) is 7.41. The molecular weight excluding hydrogens is 314 g/mol. The van der Waals surface area contributed by atoms with Crippen LogP contribution in [0.1, 0.15) is 26.7 Å². The van der Waals surface area contributed by atoms with Gasteiger partial charge in [0.2, 0.25) is 0 Å². The Morgan fingerprint density at radius 2 is 1.56 bits per heavy atom.